The Hall–Kier alpha value is -0.780. The van der Waals surface area contributed by atoms with Crippen molar-refractivity contribution < 1.29 is 0 Å². The molecule has 0 fully saturated rings. The van der Waals surface area contributed by atoms with Crippen LogP contribution in [0.15, 0.2) is 12.1 Å². The third-order valence-electron chi connectivity index (χ3n) is 3.40. The second-order valence-corrected chi connectivity index (χ2v) is 6.91. The van der Waals surface area contributed by atoms with E-state index in [-0.39, 0.29) is 10.8 Å². The van der Waals surface area contributed by atoms with Gasteiger partial charge in [0.15, 0.2) is 0 Å². The lowest BCUT2D eigenvalue weighted by Gasteiger charge is -2.28. The molecule has 1 aromatic carbocycles. The first-order valence-corrected chi connectivity index (χ1v) is 6.16. The third kappa shape index (κ3) is 2.48. The Labute approximate surface area is 101 Å². The summed E-state index contributed by atoms with van der Waals surface area (Å²) in [6.45, 7) is 18.2. The molecule has 0 saturated heterocycles. The van der Waals surface area contributed by atoms with E-state index in [0.29, 0.717) is 0 Å². The van der Waals surface area contributed by atoms with Crippen LogP contribution in [0.1, 0.15) is 63.8 Å². The molecule has 0 saturated carbocycles. The molecule has 0 aliphatic rings. The SMILES string of the molecule is Cc1c(C(C)(C)C)ccc(C(C)(C)C)c1C. The fourth-order valence-electron chi connectivity index (χ4n) is 2.45. The second kappa shape index (κ2) is 3.91. The first kappa shape index (κ1) is 13.3. The van der Waals surface area contributed by atoms with E-state index in [2.05, 4.69) is 67.5 Å². The van der Waals surface area contributed by atoms with Crippen molar-refractivity contribution in [1.29, 1.82) is 0 Å². The first-order chi connectivity index (χ1) is 7.05. The average Bonchev–Trinajstić information content (AvgIpc) is 2.05. The summed E-state index contributed by atoms with van der Waals surface area (Å²) in [4.78, 5) is 0. The van der Waals surface area contributed by atoms with E-state index < -0.39 is 0 Å². The van der Waals surface area contributed by atoms with Crippen molar-refractivity contribution in [2.45, 2.75) is 66.2 Å². The highest BCUT2D eigenvalue weighted by molar-refractivity contribution is 5.45. The molecule has 0 aromatic heterocycles. The monoisotopic (exact) mass is 218 g/mol. The Kier molecular flexibility index (Phi) is 3.24. The van der Waals surface area contributed by atoms with Crippen molar-refractivity contribution in [2.24, 2.45) is 0 Å². The molecule has 0 atom stereocenters. The quantitative estimate of drug-likeness (QED) is 0.581. The Morgan fingerprint density at radius 3 is 1.06 bits per heavy atom. The molecule has 0 nitrogen and oxygen atoms in total. The highest BCUT2D eigenvalue weighted by Gasteiger charge is 2.22. The molecule has 0 aliphatic carbocycles. The van der Waals surface area contributed by atoms with Gasteiger partial charge in [0.05, 0.1) is 0 Å². The van der Waals surface area contributed by atoms with Crippen LogP contribution in [0.2, 0.25) is 0 Å². The van der Waals surface area contributed by atoms with E-state index in [0.717, 1.165) is 0 Å². The molecule has 0 amide bonds. The molecule has 0 N–H and O–H groups in total. The van der Waals surface area contributed by atoms with E-state index in [1.807, 2.05) is 0 Å². The van der Waals surface area contributed by atoms with Gasteiger partial charge in [0.25, 0.3) is 0 Å². The summed E-state index contributed by atoms with van der Waals surface area (Å²) in [6.07, 6.45) is 0. The second-order valence-electron chi connectivity index (χ2n) is 6.91. The van der Waals surface area contributed by atoms with Gasteiger partial charge in [0, 0.05) is 0 Å². The van der Waals surface area contributed by atoms with Gasteiger partial charge in [-0.05, 0) is 46.9 Å². The van der Waals surface area contributed by atoms with Crippen molar-refractivity contribution in [3.63, 3.8) is 0 Å². The van der Waals surface area contributed by atoms with Crippen molar-refractivity contribution in [3.8, 4) is 0 Å². The van der Waals surface area contributed by atoms with Crippen LogP contribution in [0, 0.1) is 13.8 Å². The molecule has 0 bridgehead atoms. The molecule has 90 valence electrons. The zero-order valence-corrected chi connectivity index (χ0v) is 12.2. The van der Waals surface area contributed by atoms with Crippen LogP contribution in [0.3, 0.4) is 0 Å². The predicted octanol–water partition coefficient (Wildman–Crippen LogP) is 4.90. The molecule has 16 heavy (non-hydrogen) atoms. The van der Waals surface area contributed by atoms with E-state index in [9.17, 15) is 0 Å². The van der Waals surface area contributed by atoms with Gasteiger partial charge in [0.2, 0.25) is 0 Å². The molecule has 1 rings (SSSR count). The van der Waals surface area contributed by atoms with Gasteiger partial charge in [0.1, 0.15) is 0 Å². The van der Waals surface area contributed by atoms with E-state index in [4.69, 9.17) is 0 Å². The van der Waals surface area contributed by atoms with Crippen LogP contribution in [0.4, 0.5) is 0 Å². The molecular weight excluding hydrogens is 192 g/mol. The molecule has 0 aliphatic heterocycles. The minimum absolute atomic E-state index is 0.241. The number of rotatable bonds is 0. The summed E-state index contributed by atoms with van der Waals surface area (Å²) in [6, 6.07) is 4.62. The van der Waals surface area contributed by atoms with Gasteiger partial charge in [-0.3, -0.25) is 0 Å². The summed E-state index contributed by atoms with van der Waals surface area (Å²) in [5.41, 5.74) is 6.34. The van der Waals surface area contributed by atoms with Crippen LogP contribution in [-0.2, 0) is 10.8 Å². The summed E-state index contributed by atoms with van der Waals surface area (Å²) in [5.74, 6) is 0. The zero-order chi connectivity index (χ0) is 12.7. The zero-order valence-electron chi connectivity index (χ0n) is 12.2. The van der Waals surface area contributed by atoms with Crippen molar-refractivity contribution >= 4 is 0 Å². The van der Waals surface area contributed by atoms with E-state index >= 15 is 0 Å². The van der Waals surface area contributed by atoms with Crippen LogP contribution in [0.5, 0.6) is 0 Å². The van der Waals surface area contributed by atoms with Crippen LogP contribution >= 0.6 is 0 Å². The summed E-state index contributed by atoms with van der Waals surface area (Å²) in [5, 5.41) is 0. The number of hydrogen-bond donors (Lipinski definition) is 0. The highest BCUT2D eigenvalue weighted by atomic mass is 14.3. The minimum atomic E-state index is 0.241. The molecular formula is C16H26. The Morgan fingerprint density at radius 2 is 0.875 bits per heavy atom. The van der Waals surface area contributed by atoms with Gasteiger partial charge >= 0.3 is 0 Å². The van der Waals surface area contributed by atoms with E-state index in [1.165, 1.54) is 22.3 Å². The molecule has 1 aromatic rings. The average molecular weight is 218 g/mol. The Morgan fingerprint density at radius 1 is 0.625 bits per heavy atom. The van der Waals surface area contributed by atoms with E-state index in [1.54, 1.807) is 0 Å². The molecule has 0 heterocycles. The standard InChI is InChI=1S/C16H26/c1-11-12(2)14(16(6,7)8)10-9-13(11)15(3,4)5/h9-10H,1-8H3. The van der Waals surface area contributed by atoms with Gasteiger partial charge < -0.3 is 0 Å². The van der Waals surface area contributed by atoms with Crippen molar-refractivity contribution in [2.75, 3.05) is 0 Å². The van der Waals surface area contributed by atoms with Crippen LogP contribution in [-0.4, -0.2) is 0 Å². The minimum Gasteiger partial charge on any atom is -0.0579 e. The fraction of sp³-hybridized carbons (Fsp3) is 0.625. The number of benzene rings is 1. The van der Waals surface area contributed by atoms with Crippen molar-refractivity contribution in [1.82, 2.24) is 0 Å². The maximum Gasteiger partial charge on any atom is -0.0129 e. The first-order valence-electron chi connectivity index (χ1n) is 6.16. The highest BCUT2D eigenvalue weighted by Crippen LogP contribution is 2.33. The predicted molar refractivity (Wildman–Crippen MR) is 73.3 cm³/mol. The van der Waals surface area contributed by atoms with Gasteiger partial charge in [-0.15, -0.1) is 0 Å². The summed E-state index contributed by atoms with van der Waals surface area (Å²) >= 11 is 0. The topological polar surface area (TPSA) is 0 Å². The Bertz CT molecular complexity index is 345. The van der Waals surface area contributed by atoms with Crippen LogP contribution < -0.4 is 0 Å². The lowest BCUT2D eigenvalue weighted by Crippen LogP contribution is -2.18. The van der Waals surface area contributed by atoms with Gasteiger partial charge in [-0.25, -0.2) is 0 Å². The van der Waals surface area contributed by atoms with Crippen molar-refractivity contribution in [3.05, 3.63) is 34.4 Å². The summed E-state index contributed by atoms with van der Waals surface area (Å²) < 4.78 is 0. The van der Waals surface area contributed by atoms with Gasteiger partial charge in [-0.1, -0.05) is 53.7 Å². The van der Waals surface area contributed by atoms with Crippen LogP contribution in [0.25, 0.3) is 0 Å². The number of hydrogen-bond acceptors (Lipinski definition) is 0. The smallest absolute Gasteiger partial charge is 0.0129 e. The summed E-state index contributed by atoms with van der Waals surface area (Å²) in [7, 11) is 0. The lowest BCUT2D eigenvalue weighted by molar-refractivity contribution is 0.569. The maximum atomic E-state index is 2.31. The fourth-order valence-corrected chi connectivity index (χ4v) is 2.45. The Balaban J connectivity index is 3.41. The normalized spacial score (nSPS) is 13.0. The molecule has 0 heteroatoms. The molecule has 0 unspecified atom stereocenters. The molecule has 0 radical (unpaired) electrons. The maximum absolute atomic E-state index is 2.31. The van der Waals surface area contributed by atoms with Gasteiger partial charge in [-0.2, -0.15) is 0 Å². The molecule has 0 spiro atoms. The lowest BCUT2D eigenvalue weighted by atomic mass is 9.77. The largest absolute Gasteiger partial charge is 0.0579 e. The third-order valence-corrected chi connectivity index (χ3v) is 3.40.